The molecule has 1 aliphatic carbocycles. The Bertz CT molecular complexity index is 973. The van der Waals surface area contributed by atoms with Gasteiger partial charge in [-0.25, -0.2) is 4.39 Å². The molecule has 0 radical (unpaired) electrons. The molecular formula is C22H25ClFN3O2. The second-order valence-corrected chi connectivity index (χ2v) is 8.32. The SMILES string of the molecule is Cc1cc(C(=O)c2c(Cl)ccc(C3(CN[C@H](C)CC(N)=O)CC3)c2F)ccc1N. The van der Waals surface area contributed by atoms with E-state index >= 15 is 4.39 Å². The summed E-state index contributed by atoms with van der Waals surface area (Å²) in [5, 5.41) is 3.33. The van der Waals surface area contributed by atoms with Crippen LogP contribution in [0.3, 0.4) is 0 Å². The molecule has 5 nitrogen and oxygen atoms in total. The number of hydrogen-bond donors (Lipinski definition) is 3. The van der Waals surface area contributed by atoms with Crippen molar-refractivity contribution in [2.24, 2.45) is 5.73 Å². The van der Waals surface area contributed by atoms with Crippen LogP contribution in [-0.4, -0.2) is 24.3 Å². The minimum absolute atomic E-state index is 0.0802. The molecule has 0 aromatic heterocycles. The van der Waals surface area contributed by atoms with Crippen LogP contribution in [0.25, 0.3) is 0 Å². The van der Waals surface area contributed by atoms with E-state index in [2.05, 4.69) is 5.32 Å². The Balaban J connectivity index is 1.90. The Hall–Kier alpha value is -2.44. The van der Waals surface area contributed by atoms with Gasteiger partial charge < -0.3 is 16.8 Å². The van der Waals surface area contributed by atoms with E-state index in [4.69, 9.17) is 23.1 Å². The first-order valence-corrected chi connectivity index (χ1v) is 9.93. The lowest BCUT2D eigenvalue weighted by Crippen LogP contribution is -2.37. The summed E-state index contributed by atoms with van der Waals surface area (Å²) in [6, 6.07) is 7.96. The van der Waals surface area contributed by atoms with Gasteiger partial charge in [0.1, 0.15) is 5.82 Å². The second kappa shape index (κ2) is 8.13. The smallest absolute Gasteiger partial charge is 0.218 e. The zero-order valence-electron chi connectivity index (χ0n) is 16.5. The molecule has 0 aliphatic heterocycles. The maximum Gasteiger partial charge on any atom is 0.218 e. The molecule has 29 heavy (non-hydrogen) atoms. The molecule has 1 amide bonds. The van der Waals surface area contributed by atoms with Crippen LogP contribution in [0.4, 0.5) is 10.1 Å². The number of anilines is 1. The zero-order chi connectivity index (χ0) is 21.3. The Labute approximate surface area is 174 Å². The van der Waals surface area contributed by atoms with Gasteiger partial charge in [0.2, 0.25) is 5.91 Å². The molecule has 0 unspecified atom stereocenters. The van der Waals surface area contributed by atoms with Crippen LogP contribution in [0.2, 0.25) is 5.02 Å². The van der Waals surface area contributed by atoms with Crippen molar-refractivity contribution in [2.75, 3.05) is 12.3 Å². The zero-order valence-corrected chi connectivity index (χ0v) is 17.3. The predicted molar refractivity (Wildman–Crippen MR) is 113 cm³/mol. The summed E-state index contributed by atoms with van der Waals surface area (Å²) < 4.78 is 15.5. The molecular weight excluding hydrogens is 393 g/mol. The number of nitrogens with two attached hydrogens (primary N) is 2. The number of primary amides is 1. The van der Waals surface area contributed by atoms with Crippen LogP contribution in [0, 0.1) is 12.7 Å². The number of aryl methyl sites for hydroxylation is 1. The normalized spacial score (nSPS) is 15.7. The van der Waals surface area contributed by atoms with Gasteiger partial charge >= 0.3 is 0 Å². The highest BCUT2D eigenvalue weighted by atomic mass is 35.5. The Morgan fingerprint density at radius 3 is 2.55 bits per heavy atom. The Kier molecular flexibility index (Phi) is 5.96. The predicted octanol–water partition coefficient (Wildman–Crippen LogP) is 3.49. The van der Waals surface area contributed by atoms with Crippen molar-refractivity contribution < 1.29 is 14.0 Å². The summed E-state index contributed by atoms with van der Waals surface area (Å²) in [7, 11) is 0. The Morgan fingerprint density at radius 1 is 1.28 bits per heavy atom. The molecule has 2 aromatic carbocycles. The van der Waals surface area contributed by atoms with Gasteiger partial charge in [0.05, 0.1) is 10.6 Å². The minimum atomic E-state index is -0.584. The van der Waals surface area contributed by atoms with Crippen LogP contribution in [0.15, 0.2) is 30.3 Å². The molecule has 3 rings (SSSR count). The van der Waals surface area contributed by atoms with Crippen LogP contribution >= 0.6 is 11.6 Å². The van der Waals surface area contributed by atoms with Crippen molar-refractivity contribution >= 4 is 29.0 Å². The Morgan fingerprint density at radius 2 is 1.97 bits per heavy atom. The third kappa shape index (κ3) is 4.43. The summed E-state index contributed by atoms with van der Waals surface area (Å²) in [6.07, 6.45) is 1.78. The monoisotopic (exact) mass is 417 g/mol. The number of halogens is 2. The standard InChI is InChI=1S/C22H25ClFN3O2/c1-12-9-14(3-6-17(12)25)21(29)19-16(23)5-4-15(20(19)24)22(7-8-22)11-27-13(2)10-18(26)28/h3-6,9,13,27H,7-8,10-11,25H2,1-2H3,(H2,26,28)/t13-/m1/s1. The minimum Gasteiger partial charge on any atom is -0.399 e. The summed E-state index contributed by atoms with van der Waals surface area (Å²) >= 11 is 6.22. The van der Waals surface area contributed by atoms with E-state index in [0.717, 1.165) is 18.4 Å². The summed E-state index contributed by atoms with van der Waals surface area (Å²) in [5.74, 6) is -1.44. The van der Waals surface area contributed by atoms with Crippen LogP contribution < -0.4 is 16.8 Å². The lowest BCUT2D eigenvalue weighted by Gasteiger charge is -2.22. The highest BCUT2D eigenvalue weighted by Gasteiger charge is 2.46. The number of amides is 1. The summed E-state index contributed by atoms with van der Waals surface area (Å²) in [5.41, 5.74) is 12.6. The number of nitrogen functional groups attached to an aromatic ring is 1. The average molecular weight is 418 g/mol. The second-order valence-electron chi connectivity index (χ2n) is 7.92. The molecule has 0 spiro atoms. The van der Waals surface area contributed by atoms with Gasteiger partial charge in [-0.2, -0.15) is 0 Å². The topological polar surface area (TPSA) is 98.2 Å². The third-order valence-electron chi connectivity index (χ3n) is 5.57. The summed E-state index contributed by atoms with van der Waals surface area (Å²) in [6.45, 7) is 4.14. The fourth-order valence-electron chi connectivity index (χ4n) is 3.57. The number of nitrogens with one attached hydrogen (secondary N) is 1. The van der Waals surface area contributed by atoms with Gasteiger partial charge in [0.15, 0.2) is 5.78 Å². The lowest BCUT2D eigenvalue weighted by molar-refractivity contribution is -0.118. The van der Waals surface area contributed by atoms with Crippen molar-refractivity contribution in [3.05, 3.63) is 63.4 Å². The van der Waals surface area contributed by atoms with E-state index in [1.807, 2.05) is 6.92 Å². The van der Waals surface area contributed by atoms with Crippen molar-refractivity contribution in [3.63, 3.8) is 0 Å². The van der Waals surface area contributed by atoms with Crippen molar-refractivity contribution in [1.82, 2.24) is 5.32 Å². The fraction of sp³-hybridized carbons (Fsp3) is 0.364. The molecule has 5 N–H and O–H groups in total. The molecule has 0 saturated heterocycles. The van der Waals surface area contributed by atoms with E-state index < -0.39 is 17.0 Å². The molecule has 0 heterocycles. The average Bonchev–Trinajstić information content (AvgIpc) is 3.42. The van der Waals surface area contributed by atoms with Gasteiger partial charge in [0, 0.05) is 35.7 Å². The van der Waals surface area contributed by atoms with Gasteiger partial charge in [-0.05, 0) is 62.1 Å². The van der Waals surface area contributed by atoms with E-state index in [-0.39, 0.29) is 29.0 Å². The lowest BCUT2D eigenvalue weighted by atomic mass is 9.90. The van der Waals surface area contributed by atoms with Gasteiger partial charge in [-0.3, -0.25) is 9.59 Å². The van der Waals surface area contributed by atoms with Crippen molar-refractivity contribution in [1.29, 1.82) is 0 Å². The van der Waals surface area contributed by atoms with Crippen LogP contribution in [0.1, 0.15) is 53.2 Å². The van der Waals surface area contributed by atoms with Crippen LogP contribution in [0.5, 0.6) is 0 Å². The molecule has 2 aromatic rings. The first-order chi connectivity index (χ1) is 13.6. The molecule has 1 saturated carbocycles. The number of carbonyl (C=O) groups excluding carboxylic acids is 2. The molecule has 154 valence electrons. The molecule has 7 heteroatoms. The molecule has 1 aliphatic rings. The molecule has 1 fully saturated rings. The first-order valence-electron chi connectivity index (χ1n) is 9.55. The van der Waals surface area contributed by atoms with Gasteiger partial charge in [-0.1, -0.05) is 17.7 Å². The number of benzene rings is 2. The quantitative estimate of drug-likeness (QED) is 0.452. The third-order valence-corrected chi connectivity index (χ3v) is 5.89. The van der Waals surface area contributed by atoms with Crippen LogP contribution in [-0.2, 0) is 10.2 Å². The highest BCUT2D eigenvalue weighted by Crippen LogP contribution is 2.49. The maximum absolute atomic E-state index is 15.5. The number of rotatable bonds is 8. The van der Waals surface area contributed by atoms with Crippen molar-refractivity contribution in [3.8, 4) is 0 Å². The van der Waals surface area contributed by atoms with Gasteiger partial charge in [-0.15, -0.1) is 0 Å². The van der Waals surface area contributed by atoms with Crippen molar-refractivity contribution in [2.45, 2.75) is 44.6 Å². The molecule has 1 atom stereocenters. The largest absolute Gasteiger partial charge is 0.399 e. The van der Waals surface area contributed by atoms with E-state index in [1.165, 1.54) is 0 Å². The van der Waals surface area contributed by atoms with Gasteiger partial charge in [0.25, 0.3) is 0 Å². The first kappa shape index (κ1) is 21.3. The van der Waals surface area contributed by atoms with E-state index in [1.54, 1.807) is 37.3 Å². The summed E-state index contributed by atoms with van der Waals surface area (Å²) in [4.78, 5) is 24.1. The maximum atomic E-state index is 15.5. The number of ketones is 1. The highest BCUT2D eigenvalue weighted by molar-refractivity contribution is 6.35. The fourth-order valence-corrected chi connectivity index (χ4v) is 3.80. The number of hydrogen-bond acceptors (Lipinski definition) is 4. The molecule has 0 bridgehead atoms. The number of carbonyl (C=O) groups is 2. The van der Waals surface area contributed by atoms with E-state index in [0.29, 0.717) is 23.4 Å². The van der Waals surface area contributed by atoms with E-state index in [9.17, 15) is 9.59 Å².